The lowest BCUT2D eigenvalue weighted by atomic mass is 10.2. The number of rotatable bonds is 1. The number of nitrogens with zero attached hydrogens (tertiary/aromatic N) is 1. The monoisotopic (exact) mass is 278 g/mol. The third kappa shape index (κ3) is 1.81. The van der Waals surface area contributed by atoms with Crippen LogP contribution in [0.5, 0.6) is 0 Å². The molecule has 1 N–H and O–H groups in total. The summed E-state index contributed by atoms with van der Waals surface area (Å²) in [6.45, 7) is 0. The van der Waals surface area contributed by atoms with Gasteiger partial charge in [0.1, 0.15) is 5.69 Å². The molecule has 0 bridgehead atoms. The highest BCUT2D eigenvalue weighted by Crippen LogP contribution is 2.48. The molecule has 0 aliphatic carbocycles. The van der Waals surface area contributed by atoms with Crippen LogP contribution in [0.4, 0.5) is 17.1 Å². The first-order valence-electron chi connectivity index (χ1n) is 5.17. The standard InChI is InChI=1S/C12H7ClN2O2S/c13-7-5-9(15(16)17)12-11(6-7)18-10-4-2-1-3-8(10)14-12/h1-6,14H. The van der Waals surface area contributed by atoms with Crippen LogP contribution in [0, 0.1) is 10.1 Å². The van der Waals surface area contributed by atoms with E-state index in [1.807, 2.05) is 24.3 Å². The van der Waals surface area contributed by atoms with E-state index in [-0.39, 0.29) is 5.69 Å². The van der Waals surface area contributed by atoms with E-state index in [1.165, 1.54) is 17.8 Å². The molecule has 0 aromatic heterocycles. The van der Waals surface area contributed by atoms with Crippen LogP contribution in [0.2, 0.25) is 5.02 Å². The highest BCUT2D eigenvalue weighted by Gasteiger charge is 2.24. The fourth-order valence-electron chi connectivity index (χ4n) is 1.83. The Morgan fingerprint density at radius 3 is 2.78 bits per heavy atom. The predicted molar refractivity (Wildman–Crippen MR) is 72.0 cm³/mol. The van der Waals surface area contributed by atoms with Crippen LogP contribution >= 0.6 is 23.4 Å². The largest absolute Gasteiger partial charge is 0.348 e. The minimum absolute atomic E-state index is 0.000460. The Kier molecular flexibility index (Phi) is 2.65. The molecule has 2 aromatic carbocycles. The molecule has 6 heteroatoms. The summed E-state index contributed by atoms with van der Waals surface area (Å²) in [5, 5.41) is 14.5. The average molecular weight is 279 g/mol. The van der Waals surface area contributed by atoms with E-state index in [1.54, 1.807) is 6.07 Å². The van der Waals surface area contributed by atoms with Crippen molar-refractivity contribution in [1.29, 1.82) is 0 Å². The minimum atomic E-state index is -0.424. The van der Waals surface area contributed by atoms with E-state index in [9.17, 15) is 10.1 Å². The highest BCUT2D eigenvalue weighted by atomic mass is 35.5. The summed E-state index contributed by atoms with van der Waals surface area (Å²) < 4.78 is 0. The third-order valence-electron chi connectivity index (χ3n) is 2.61. The molecule has 0 unspecified atom stereocenters. The number of anilines is 2. The maximum atomic E-state index is 11.0. The molecule has 0 amide bonds. The molecular weight excluding hydrogens is 272 g/mol. The van der Waals surface area contributed by atoms with Crippen molar-refractivity contribution in [2.24, 2.45) is 0 Å². The SMILES string of the molecule is O=[N+]([O-])c1cc(Cl)cc2c1Nc1ccccc1S2. The summed E-state index contributed by atoms with van der Waals surface area (Å²) in [4.78, 5) is 12.4. The number of nitrogens with one attached hydrogen (secondary N) is 1. The van der Waals surface area contributed by atoms with Gasteiger partial charge in [0.25, 0.3) is 5.69 Å². The summed E-state index contributed by atoms with van der Waals surface area (Å²) in [5.74, 6) is 0. The van der Waals surface area contributed by atoms with Gasteiger partial charge in [-0.05, 0) is 18.2 Å². The molecule has 0 atom stereocenters. The molecule has 3 rings (SSSR count). The Balaban J connectivity index is 2.18. The molecule has 18 heavy (non-hydrogen) atoms. The van der Waals surface area contributed by atoms with Gasteiger partial charge in [0, 0.05) is 20.9 Å². The summed E-state index contributed by atoms with van der Waals surface area (Å²) in [5.41, 5.74) is 1.38. The molecule has 0 saturated carbocycles. The number of hydrogen-bond acceptors (Lipinski definition) is 4. The molecule has 0 spiro atoms. The molecule has 0 fully saturated rings. The van der Waals surface area contributed by atoms with E-state index in [4.69, 9.17) is 11.6 Å². The fraction of sp³-hybridized carbons (Fsp3) is 0. The Morgan fingerprint density at radius 1 is 1.22 bits per heavy atom. The van der Waals surface area contributed by atoms with Gasteiger partial charge in [-0.25, -0.2) is 0 Å². The molecule has 1 aliphatic heterocycles. The van der Waals surface area contributed by atoms with E-state index < -0.39 is 4.92 Å². The Bertz CT molecular complexity index is 661. The van der Waals surface area contributed by atoms with Crippen molar-refractivity contribution in [2.75, 3.05) is 5.32 Å². The zero-order valence-corrected chi connectivity index (χ0v) is 10.6. The molecule has 90 valence electrons. The minimum Gasteiger partial charge on any atom is -0.348 e. The summed E-state index contributed by atoms with van der Waals surface area (Å²) in [7, 11) is 0. The number of nitro benzene ring substituents is 1. The maximum Gasteiger partial charge on any atom is 0.295 e. The number of para-hydroxylation sites is 1. The van der Waals surface area contributed by atoms with Crippen molar-refractivity contribution in [1.82, 2.24) is 0 Å². The number of fused-ring (bicyclic) bond motifs is 2. The number of benzene rings is 2. The van der Waals surface area contributed by atoms with E-state index in [0.717, 1.165) is 15.5 Å². The molecule has 4 nitrogen and oxygen atoms in total. The van der Waals surface area contributed by atoms with Gasteiger partial charge in [0.05, 0.1) is 10.6 Å². The smallest absolute Gasteiger partial charge is 0.295 e. The van der Waals surface area contributed by atoms with Gasteiger partial charge < -0.3 is 5.32 Å². The first kappa shape index (κ1) is 11.4. The van der Waals surface area contributed by atoms with Crippen LogP contribution in [0.25, 0.3) is 0 Å². The van der Waals surface area contributed by atoms with Crippen LogP contribution in [0.15, 0.2) is 46.2 Å². The molecule has 2 aromatic rings. The lowest BCUT2D eigenvalue weighted by Crippen LogP contribution is -2.03. The lowest BCUT2D eigenvalue weighted by Gasteiger charge is -2.20. The van der Waals surface area contributed by atoms with Gasteiger partial charge >= 0.3 is 0 Å². The number of nitro groups is 1. The van der Waals surface area contributed by atoms with Gasteiger partial charge in [0.2, 0.25) is 0 Å². The molecule has 1 aliphatic rings. The van der Waals surface area contributed by atoms with Gasteiger partial charge in [0.15, 0.2) is 0 Å². The molecular formula is C12H7ClN2O2S. The summed E-state index contributed by atoms with van der Waals surface area (Å²) >= 11 is 7.38. The summed E-state index contributed by atoms with van der Waals surface area (Å²) in [6, 6.07) is 10.8. The van der Waals surface area contributed by atoms with Crippen LogP contribution in [-0.4, -0.2) is 4.92 Å². The quantitative estimate of drug-likeness (QED) is 0.527. The third-order valence-corrected chi connectivity index (χ3v) is 3.95. The Morgan fingerprint density at radius 2 is 2.00 bits per heavy atom. The van der Waals surface area contributed by atoms with Crippen LogP contribution in [0.1, 0.15) is 0 Å². The van der Waals surface area contributed by atoms with Crippen molar-refractivity contribution in [2.45, 2.75) is 9.79 Å². The van der Waals surface area contributed by atoms with Crippen LogP contribution < -0.4 is 5.32 Å². The molecule has 0 saturated heterocycles. The second-order valence-electron chi connectivity index (χ2n) is 3.78. The zero-order chi connectivity index (χ0) is 12.7. The normalized spacial score (nSPS) is 12.3. The van der Waals surface area contributed by atoms with E-state index >= 15 is 0 Å². The van der Waals surface area contributed by atoms with Crippen LogP contribution in [0.3, 0.4) is 0 Å². The number of halogens is 1. The van der Waals surface area contributed by atoms with Crippen molar-refractivity contribution in [3.05, 3.63) is 51.5 Å². The van der Waals surface area contributed by atoms with Crippen molar-refractivity contribution in [3.63, 3.8) is 0 Å². The first-order chi connectivity index (χ1) is 8.65. The topological polar surface area (TPSA) is 55.2 Å². The second-order valence-corrected chi connectivity index (χ2v) is 5.30. The van der Waals surface area contributed by atoms with Gasteiger partial charge in [-0.2, -0.15) is 0 Å². The van der Waals surface area contributed by atoms with Crippen molar-refractivity contribution < 1.29 is 4.92 Å². The number of hydrogen-bond donors (Lipinski definition) is 1. The van der Waals surface area contributed by atoms with Gasteiger partial charge in [-0.15, -0.1) is 0 Å². The van der Waals surface area contributed by atoms with E-state index in [2.05, 4.69) is 5.32 Å². The second kappa shape index (κ2) is 4.19. The maximum absolute atomic E-state index is 11.0. The van der Waals surface area contributed by atoms with Gasteiger partial charge in [-0.1, -0.05) is 35.5 Å². The van der Waals surface area contributed by atoms with E-state index in [0.29, 0.717) is 10.7 Å². The molecule has 1 heterocycles. The Hall–Kier alpha value is -1.72. The average Bonchev–Trinajstić information content (AvgIpc) is 2.35. The lowest BCUT2D eigenvalue weighted by molar-refractivity contribution is -0.384. The predicted octanol–water partition coefficient (Wildman–Crippen LogP) is 4.46. The Labute approximate surface area is 112 Å². The van der Waals surface area contributed by atoms with Crippen molar-refractivity contribution in [3.8, 4) is 0 Å². The molecule has 0 radical (unpaired) electrons. The highest BCUT2D eigenvalue weighted by molar-refractivity contribution is 7.99. The fourth-order valence-corrected chi connectivity index (χ4v) is 3.16. The van der Waals surface area contributed by atoms with Crippen LogP contribution in [-0.2, 0) is 0 Å². The van der Waals surface area contributed by atoms with Gasteiger partial charge in [-0.3, -0.25) is 10.1 Å². The first-order valence-corrected chi connectivity index (χ1v) is 6.36. The zero-order valence-electron chi connectivity index (χ0n) is 9.01. The van der Waals surface area contributed by atoms with Crippen molar-refractivity contribution >= 4 is 40.4 Å². The summed E-state index contributed by atoms with van der Waals surface area (Å²) in [6.07, 6.45) is 0.